The molecule has 2 fully saturated rings. The lowest BCUT2D eigenvalue weighted by molar-refractivity contribution is -0.128. The van der Waals surface area contributed by atoms with Gasteiger partial charge < -0.3 is 5.32 Å². The number of benzene rings is 1. The third-order valence-electron chi connectivity index (χ3n) is 5.14. The van der Waals surface area contributed by atoms with Gasteiger partial charge in [-0.1, -0.05) is 49.4 Å². The summed E-state index contributed by atoms with van der Waals surface area (Å²) >= 11 is 6.02. The van der Waals surface area contributed by atoms with E-state index in [1.807, 2.05) is 24.3 Å². The van der Waals surface area contributed by atoms with Gasteiger partial charge in [-0.3, -0.25) is 9.69 Å². The Hall–Kier alpha value is -1.06. The molecule has 1 heterocycles. The molecule has 0 spiro atoms. The Balaban J connectivity index is 1.75. The average molecular weight is 335 g/mol. The molecule has 0 bridgehead atoms. The first kappa shape index (κ1) is 16.8. The van der Waals surface area contributed by atoms with Gasteiger partial charge in [-0.2, -0.15) is 0 Å². The summed E-state index contributed by atoms with van der Waals surface area (Å²) in [6.45, 7) is 2.01. The standard InChI is InChI=1S/C19H27ClN2O/c20-16-11-9-15(10-12-16)18(22-13-5-2-6-14-22)19(23)21-17-7-3-1-4-8-17/h9-12,17-18H,1-8,13-14H2,(H,21,23). The maximum Gasteiger partial charge on any atom is 0.242 e. The average Bonchev–Trinajstić information content (AvgIpc) is 2.59. The summed E-state index contributed by atoms with van der Waals surface area (Å²) in [6, 6.07) is 7.97. The van der Waals surface area contributed by atoms with Crippen LogP contribution in [0.1, 0.15) is 63.0 Å². The highest BCUT2D eigenvalue weighted by atomic mass is 35.5. The van der Waals surface area contributed by atoms with Gasteiger partial charge in [0.2, 0.25) is 5.91 Å². The fourth-order valence-corrected chi connectivity index (χ4v) is 4.00. The van der Waals surface area contributed by atoms with Crippen LogP contribution in [0.4, 0.5) is 0 Å². The first-order chi connectivity index (χ1) is 11.2. The third-order valence-corrected chi connectivity index (χ3v) is 5.39. The Morgan fingerprint density at radius 3 is 2.26 bits per heavy atom. The zero-order valence-corrected chi connectivity index (χ0v) is 14.5. The molecular formula is C19H27ClN2O. The van der Waals surface area contributed by atoms with Gasteiger partial charge in [-0.05, 0) is 56.5 Å². The minimum Gasteiger partial charge on any atom is -0.352 e. The largest absolute Gasteiger partial charge is 0.352 e. The van der Waals surface area contributed by atoms with Gasteiger partial charge in [0, 0.05) is 11.1 Å². The predicted molar refractivity (Wildman–Crippen MR) is 94.6 cm³/mol. The van der Waals surface area contributed by atoms with Crippen molar-refractivity contribution in [2.45, 2.75) is 63.5 Å². The topological polar surface area (TPSA) is 32.3 Å². The minimum atomic E-state index is -0.172. The maximum absolute atomic E-state index is 13.0. The number of rotatable bonds is 4. The highest BCUT2D eigenvalue weighted by molar-refractivity contribution is 6.30. The quantitative estimate of drug-likeness (QED) is 0.889. The van der Waals surface area contributed by atoms with Crippen LogP contribution in [-0.4, -0.2) is 29.9 Å². The summed E-state index contributed by atoms with van der Waals surface area (Å²) in [6.07, 6.45) is 9.66. The molecule has 1 aliphatic heterocycles. The smallest absolute Gasteiger partial charge is 0.242 e. The van der Waals surface area contributed by atoms with Crippen molar-refractivity contribution in [3.63, 3.8) is 0 Å². The normalized spacial score (nSPS) is 21.8. The van der Waals surface area contributed by atoms with Crippen molar-refractivity contribution < 1.29 is 4.79 Å². The Labute approximate surface area is 144 Å². The van der Waals surface area contributed by atoms with Crippen LogP contribution in [0.5, 0.6) is 0 Å². The fraction of sp³-hybridized carbons (Fsp3) is 0.632. The Bertz CT molecular complexity index is 505. The third kappa shape index (κ3) is 4.48. The Morgan fingerprint density at radius 1 is 1.00 bits per heavy atom. The SMILES string of the molecule is O=C(NC1CCCCC1)C(c1ccc(Cl)cc1)N1CCCCC1. The van der Waals surface area contributed by atoms with E-state index < -0.39 is 0 Å². The molecule has 1 aromatic rings. The zero-order chi connectivity index (χ0) is 16.1. The van der Waals surface area contributed by atoms with Crippen molar-refractivity contribution in [3.8, 4) is 0 Å². The minimum absolute atomic E-state index is 0.168. The molecule has 1 aliphatic carbocycles. The van der Waals surface area contributed by atoms with E-state index in [0.717, 1.165) is 36.5 Å². The summed E-state index contributed by atoms with van der Waals surface area (Å²) in [5.41, 5.74) is 1.06. The zero-order valence-electron chi connectivity index (χ0n) is 13.8. The maximum atomic E-state index is 13.0. The van der Waals surface area contributed by atoms with E-state index in [2.05, 4.69) is 10.2 Å². The molecule has 3 rings (SSSR count). The summed E-state index contributed by atoms with van der Waals surface area (Å²) in [5.74, 6) is 0.168. The second-order valence-electron chi connectivity index (χ2n) is 6.89. The van der Waals surface area contributed by atoms with Crippen molar-refractivity contribution in [1.29, 1.82) is 0 Å². The van der Waals surface area contributed by atoms with E-state index in [9.17, 15) is 4.79 Å². The number of nitrogens with zero attached hydrogens (tertiary/aromatic N) is 1. The molecule has 3 nitrogen and oxygen atoms in total. The molecule has 1 atom stereocenters. The van der Waals surface area contributed by atoms with E-state index in [-0.39, 0.29) is 11.9 Å². The van der Waals surface area contributed by atoms with Crippen molar-refractivity contribution in [2.75, 3.05) is 13.1 Å². The highest BCUT2D eigenvalue weighted by Crippen LogP contribution is 2.27. The number of likely N-dealkylation sites (tertiary alicyclic amines) is 1. The summed E-state index contributed by atoms with van der Waals surface area (Å²) < 4.78 is 0. The fourth-order valence-electron chi connectivity index (χ4n) is 3.88. The van der Waals surface area contributed by atoms with Gasteiger partial charge in [0.25, 0.3) is 0 Å². The van der Waals surface area contributed by atoms with Crippen LogP contribution in [-0.2, 0) is 4.79 Å². The highest BCUT2D eigenvalue weighted by Gasteiger charge is 2.30. The van der Waals surface area contributed by atoms with Crippen LogP contribution in [0, 0.1) is 0 Å². The van der Waals surface area contributed by atoms with Gasteiger partial charge in [0.15, 0.2) is 0 Å². The van der Waals surface area contributed by atoms with Crippen molar-refractivity contribution in [2.24, 2.45) is 0 Å². The van der Waals surface area contributed by atoms with Gasteiger partial charge in [0.05, 0.1) is 0 Å². The van der Waals surface area contributed by atoms with Crippen LogP contribution in [0.2, 0.25) is 5.02 Å². The van der Waals surface area contributed by atoms with Gasteiger partial charge in [0.1, 0.15) is 6.04 Å². The molecule has 1 N–H and O–H groups in total. The van der Waals surface area contributed by atoms with E-state index in [4.69, 9.17) is 11.6 Å². The lowest BCUT2D eigenvalue weighted by Gasteiger charge is -2.35. The second kappa shape index (κ2) is 8.16. The lowest BCUT2D eigenvalue weighted by atomic mass is 9.94. The number of amides is 1. The summed E-state index contributed by atoms with van der Waals surface area (Å²) in [5, 5.41) is 4.04. The summed E-state index contributed by atoms with van der Waals surface area (Å²) in [7, 11) is 0. The van der Waals surface area contributed by atoms with Crippen LogP contribution in [0.3, 0.4) is 0 Å². The molecule has 126 valence electrons. The van der Waals surface area contributed by atoms with E-state index >= 15 is 0 Å². The number of hydrogen-bond acceptors (Lipinski definition) is 2. The molecule has 2 aliphatic rings. The summed E-state index contributed by atoms with van der Waals surface area (Å²) in [4.78, 5) is 15.3. The van der Waals surface area contributed by atoms with E-state index in [0.29, 0.717) is 6.04 Å². The first-order valence-electron chi connectivity index (χ1n) is 9.04. The molecule has 1 amide bonds. The van der Waals surface area contributed by atoms with Gasteiger partial charge >= 0.3 is 0 Å². The molecule has 4 heteroatoms. The van der Waals surface area contributed by atoms with Crippen LogP contribution >= 0.6 is 11.6 Å². The monoisotopic (exact) mass is 334 g/mol. The van der Waals surface area contributed by atoms with Gasteiger partial charge in [-0.25, -0.2) is 0 Å². The Morgan fingerprint density at radius 2 is 1.61 bits per heavy atom. The molecule has 23 heavy (non-hydrogen) atoms. The van der Waals surface area contributed by atoms with Crippen LogP contribution in [0.15, 0.2) is 24.3 Å². The molecule has 1 unspecified atom stereocenters. The number of carbonyl (C=O) groups excluding carboxylic acids is 1. The van der Waals surface area contributed by atoms with Crippen molar-refractivity contribution >= 4 is 17.5 Å². The van der Waals surface area contributed by atoms with Crippen LogP contribution in [0.25, 0.3) is 0 Å². The van der Waals surface area contributed by atoms with Gasteiger partial charge in [-0.15, -0.1) is 0 Å². The lowest BCUT2D eigenvalue weighted by Crippen LogP contribution is -2.46. The number of carbonyl (C=O) groups is 1. The predicted octanol–water partition coefficient (Wildman–Crippen LogP) is 4.32. The molecule has 1 aromatic carbocycles. The van der Waals surface area contributed by atoms with Crippen LogP contribution < -0.4 is 5.32 Å². The van der Waals surface area contributed by atoms with E-state index in [1.165, 1.54) is 38.5 Å². The number of piperidine rings is 1. The number of halogens is 1. The molecule has 1 saturated heterocycles. The van der Waals surface area contributed by atoms with E-state index in [1.54, 1.807) is 0 Å². The Kier molecular flexibility index (Phi) is 5.96. The van der Waals surface area contributed by atoms with Crippen molar-refractivity contribution in [1.82, 2.24) is 10.2 Å². The first-order valence-corrected chi connectivity index (χ1v) is 9.42. The second-order valence-corrected chi connectivity index (χ2v) is 7.33. The molecular weight excluding hydrogens is 308 g/mol. The molecule has 1 saturated carbocycles. The molecule has 0 radical (unpaired) electrons. The van der Waals surface area contributed by atoms with Crippen molar-refractivity contribution in [3.05, 3.63) is 34.9 Å². The number of hydrogen-bond donors (Lipinski definition) is 1. The molecule has 0 aromatic heterocycles. The number of nitrogens with one attached hydrogen (secondary N) is 1.